The maximum Gasteiger partial charge on any atom is 0.222 e. The van der Waals surface area contributed by atoms with E-state index < -0.39 is 0 Å². The summed E-state index contributed by atoms with van der Waals surface area (Å²) in [5.41, 5.74) is 0. The average Bonchev–Trinajstić information content (AvgIpc) is 2.39. The molecule has 0 saturated carbocycles. The van der Waals surface area contributed by atoms with Gasteiger partial charge in [-0.2, -0.15) is 0 Å². The molecule has 0 aliphatic carbocycles. The summed E-state index contributed by atoms with van der Waals surface area (Å²) in [7, 11) is 1.77. The fourth-order valence-corrected chi connectivity index (χ4v) is 1.38. The van der Waals surface area contributed by atoms with Crippen LogP contribution < -0.4 is 0 Å². The lowest BCUT2D eigenvalue weighted by molar-refractivity contribution is -0.130. The summed E-state index contributed by atoms with van der Waals surface area (Å²) in [6.07, 6.45) is 0.981. The lowest BCUT2D eigenvalue weighted by atomic mass is 10.1. The van der Waals surface area contributed by atoms with Crippen molar-refractivity contribution < 1.29 is 19.1 Å². The van der Waals surface area contributed by atoms with E-state index in [0.717, 1.165) is 0 Å². The lowest BCUT2D eigenvalue weighted by Gasteiger charge is -2.16. The van der Waals surface area contributed by atoms with E-state index in [2.05, 4.69) is 0 Å². The highest BCUT2D eigenvalue weighted by atomic mass is 16.5. The molecule has 0 heterocycles. The van der Waals surface area contributed by atoms with Crippen molar-refractivity contribution in [3.05, 3.63) is 0 Å². The molecule has 112 valence electrons. The zero-order chi connectivity index (χ0) is 14.7. The molecule has 0 atom stereocenters. The van der Waals surface area contributed by atoms with Crippen LogP contribution in [0.25, 0.3) is 0 Å². The number of ether oxygens (including phenoxy) is 2. The molecule has 0 radical (unpaired) electrons. The quantitative estimate of drug-likeness (QED) is 0.535. The van der Waals surface area contributed by atoms with Crippen molar-refractivity contribution in [2.75, 3.05) is 40.0 Å². The molecular formula is C14H27NO4. The second-order valence-electron chi connectivity index (χ2n) is 4.76. The van der Waals surface area contributed by atoms with E-state index in [9.17, 15) is 9.59 Å². The summed E-state index contributed by atoms with van der Waals surface area (Å²) < 4.78 is 10.7. The van der Waals surface area contributed by atoms with Gasteiger partial charge in [0.2, 0.25) is 5.91 Å². The SMILES string of the molecule is CCC(=O)N(C)CCOCCOCCC(=O)C(C)C. The van der Waals surface area contributed by atoms with Crippen molar-refractivity contribution in [3.63, 3.8) is 0 Å². The summed E-state index contributed by atoms with van der Waals surface area (Å²) in [5, 5.41) is 0. The van der Waals surface area contributed by atoms with E-state index in [-0.39, 0.29) is 17.6 Å². The zero-order valence-electron chi connectivity index (χ0n) is 12.6. The second-order valence-corrected chi connectivity index (χ2v) is 4.76. The van der Waals surface area contributed by atoms with Gasteiger partial charge in [0.15, 0.2) is 0 Å². The van der Waals surface area contributed by atoms with E-state index in [1.165, 1.54) is 0 Å². The minimum absolute atomic E-state index is 0.0755. The molecule has 0 fully saturated rings. The first kappa shape index (κ1) is 18.1. The van der Waals surface area contributed by atoms with E-state index in [1.807, 2.05) is 20.8 Å². The van der Waals surface area contributed by atoms with Gasteiger partial charge < -0.3 is 14.4 Å². The minimum Gasteiger partial charge on any atom is -0.379 e. The molecule has 0 spiro atoms. The highest BCUT2D eigenvalue weighted by Crippen LogP contribution is 1.98. The average molecular weight is 273 g/mol. The number of rotatable bonds is 11. The standard InChI is InChI=1S/C14H27NO4/c1-5-14(17)15(4)7-9-19-11-10-18-8-6-13(16)12(2)3/h12H,5-11H2,1-4H3. The normalized spacial score (nSPS) is 10.8. The fraction of sp³-hybridized carbons (Fsp3) is 0.857. The molecule has 19 heavy (non-hydrogen) atoms. The van der Waals surface area contributed by atoms with Gasteiger partial charge in [-0.25, -0.2) is 0 Å². The highest BCUT2D eigenvalue weighted by molar-refractivity contribution is 5.80. The van der Waals surface area contributed by atoms with Crippen molar-refractivity contribution in [3.8, 4) is 0 Å². The Hall–Kier alpha value is -0.940. The molecule has 0 N–H and O–H groups in total. The van der Waals surface area contributed by atoms with Crippen LogP contribution in [0, 0.1) is 5.92 Å². The lowest BCUT2D eigenvalue weighted by Crippen LogP contribution is -2.29. The molecule has 0 aromatic heterocycles. The molecule has 0 aliphatic heterocycles. The topological polar surface area (TPSA) is 55.8 Å². The Bertz CT molecular complexity index is 266. The molecule has 0 unspecified atom stereocenters. The number of Topliss-reactive ketones (excluding diaryl/α,β-unsaturated/α-hetero) is 1. The zero-order valence-corrected chi connectivity index (χ0v) is 12.6. The Balaban J connectivity index is 3.32. The van der Waals surface area contributed by atoms with Crippen molar-refractivity contribution in [1.29, 1.82) is 0 Å². The van der Waals surface area contributed by atoms with E-state index in [4.69, 9.17) is 9.47 Å². The summed E-state index contributed by atoms with van der Waals surface area (Å²) in [6, 6.07) is 0. The maximum atomic E-state index is 11.3. The Labute approximate surface area is 116 Å². The van der Waals surface area contributed by atoms with E-state index in [0.29, 0.717) is 45.8 Å². The van der Waals surface area contributed by atoms with Crippen molar-refractivity contribution in [2.45, 2.75) is 33.6 Å². The molecule has 5 nitrogen and oxygen atoms in total. The molecule has 5 heteroatoms. The van der Waals surface area contributed by atoms with Gasteiger partial charge in [0.05, 0.1) is 26.4 Å². The van der Waals surface area contributed by atoms with Crippen LogP contribution in [0.3, 0.4) is 0 Å². The number of hydrogen-bond donors (Lipinski definition) is 0. The van der Waals surface area contributed by atoms with Crippen LogP contribution in [0.5, 0.6) is 0 Å². The Morgan fingerprint density at radius 3 is 2.16 bits per heavy atom. The van der Waals surface area contributed by atoms with E-state index >= 15 is 0 Å². The Morgan fingerprint density at radius 2 is 1.63 bits per heavy atom. The van der Waals surface area contributed by atoms with Crippen LogP contribution in [0.1, 0.15) is 33.6 Å². The first-order chi connectivity index (χ1) is 8.99. The molecule has 1 amide bonds. The van der Waals surface area contributed by atoms with Gasteiger partial charge in [-0.1, -0.05) is 20.8 Å². The van der Waals surface area contributed by atoms with Gasteiger partial charge in [-0.3, -0.25) is 9.59 Å². The molecule has 0 aromatic rings. The predicted octanol–water partition coefficient (Wildman–Crippen LogP) is 1.50. The van der Waals surface area contributed by atoms with Crippen LogP contribution in [0.4, 0.5) is 0 Å². The monoisotopic (exact) mass is 273 g/mol. The van der Waals surface area contributed by atoms with Gasteiger partial charge >= 0.3 is 0 Å². The van der Waals surface area contributed by atoms with Gasteiger partial charge in [-0.05, 0) is 0 Å². The summed E-state index contributed by atoms with van der Waals surface area (Å²) >= 11 is 0. The maximum absolute atomic E-state index is 11.3. The van der Waals surface area contributed by atoms with Crippen LogP contribution in [-0.2, 0) is 19.1 Å². The smallest absolute Gasteiger partial charge is 0.222 e. The van der Waals surface area contributed by atoms with E-state index in [1.54, 1.807) is 11.9 Å². The summed E-state index contributed by atoms with van der Waals surface area (Å²) in [6.45, 7) is 8.15. The first-order valence-corrected chi connectivity index (χ1v) is 6.91. The van der Waals surface area contributed by atoms with Crippen molar-refractivity contribution in [1.82, 2.24) is 4.90 Å². The highest BCUT2D eigenvalue weighted by Gasteiger charge is 2.06. The molecule has 0 saturated heterocycles. The molecule has 0 aromatic carbocycles. The predicted molar refractivity (Wildman–Crippen MR) is 74.0 cm³/mol. The summed E-state index contributed by atoms with van der Waals surface area (Å²) in [5.74, 6) is 0.416. The number of ketones is 1. The number of carbonyl (C=O) groups is 2. The molecule has 0 bridgehead atoms. The van der Waals surface area contributed by atoms with Crippen molar-refractivity contribution in [2.24, 2.45) is 5.92 Å². The molecule has 0 rings (SSSR count). The van der Waals surface area contributed by atoms with Crippen LogP contribution in [0.15, 0.2) is 0 Å². The fourth-order valence-electron chi connectivity index (χ4n) is 1.38. The van der Waals surface area contributed by atoms with Crippen LogP contribution >= 0.6 is 0 Å². The number of likely N-dealkylation sites (N-methyl/N-ethyl adjacent to an activating group) is 1. The molecular weight excluding hydrogens is 246 g/mol. The van der Waals surface area contributed by atoms with Crippen LogP contribution in [-0.4, -0.2) is 56.6 Å². The van der Waals surface area contributed by atoms with Crippen molar-refractivity contribution >= 4 is 11.7 Å². The first-order valence-electron chi connectivity index (χ1n) is 6.91. The largest absolute Gasteiger partial charge is 0.379 e. The van der Waals surface area contributed by atoms with Gasteiger partial charge in [0.25, 0.3) is 0 Å². The summed E-state index contributed by atoms with van der Waals surface area (Å²) in [4.78, 5) is 24.2. The number of hydrogen-bond acceptors (Lipinski definition) is 4. The third-order valence-corrected chi connectivity index (χ3v) is 2.81. The number of carbonyl (C=O) groups excluding carboxylic acids is 2. The third-order valence-electron chi connectivity index (χ3n) is 2.81. The number of nitrogens with zero attached hydrogens (tertiary/aromatic N) is 1. The Kier molecular flexibility index (Phi) is 10.4. The van der Waals surface area contributed by atoms with Gasteiger partial charge in [0, 0.05) is 32.4 Å². The van der Waals surface area contributed by atoms with Gasteiger partial charge in [-0.15, -0.1) is 0 Å². The molecule has 0 aliphatic rings. The van der Waals surface area contributed by atoms with Gasteiger partial charge in [0.1, 0.15) is 5.78 Å². The Morgan fingerprint density at radius 1 is 1.05 bits per heavy atom. The van der Waals surface area contributed by atoms with Crippen LogP contribution in [0.2, 0.25) is 0 Å². The second kappa shape index (κ2) is 10.9. The minimum atomic E-state index is 0.0755. The third kappa shape index (κ3) is 9.62. The number of amides is 1.